The number of rotatable bonds is 2. The lowest BCUT2D eigenvalue weighted by atomic mass is 9.85. The van der Waals surface area contributed by atoms with Gasteiger partial charge in [0, 0.05) is 15.6 Å². The Labute approximate surface area is 94.7 Å². The molecule has 1 nitrogen and oxygen atoms in total. The van der Waals surface area contributed by atoms with Crippen molar-refractivity contribution < 1.29 is 5.11 Å². The molecule has 3 heteroatoms. The summed E-state index contributed by atoms with van der Waals surface area (Å²) in [5.74, 6) is 0.0819. The van der Waals surface area contributed by atoms with Crippen LogP contribution < -0.4 is 0 Å². The molecular formula is C11H14Cl2O. The second-order valence-corrected chi connectivity index (χ2v) is 4.77. The third-order valence-electron chi connectivity index (χ3n) is 2.60. The first-order chi connectivity index (χ1) is 6.35. The van der Waals surface area contributed by atoms with E-state index in [9.17, 15) is 5.11 Å². The van der Waals surface area contributed by atoms with Crippen molar-refractivity contribution in [2.24, 2.45) is 5.92 Å². The van der Waals surface area contributed by atoms with Gasteiger partial charge in [0.25, 0.3) is 0 Å². The Morgan fingerprint density at radius 1 is 1.29 bits per heavy atom. The van der Waals surface area contributed by atoms with Crippen LogP contribution in [0.15, 0.2) is 18.2 Å². The number of hydrogen-bond donors (Lipinski definition) is 1. The molecule has 0 aliphatic carbocycles. The molecule has 1 unspecified atom stereocenters. The first-order valence-corrected chi connectivity index (χ1v) is 5.29. The summed E-state index contributed by atoms with van der Waals surface area (Å²) in [5, 5.41) is 11.4. The van der Waals surface area contributed by atoms with Crippen LogP contribution in [0.1, 0.15) is 26.3 Å². The zero-order chi connectivity index (χ0) is 10.9. The Kier molecular flexibility index (Phi) is 3.46. The highest BCUT2D eigenvalue weighted by Gasteiger charge is 2.29. The van der Waals surface area contributed by atoms with Crippen molar-refractivity contribution in [1.82, 2.24) is 0 Å². The zero-order valence-electron chi connectivity index (χ0n) is 8.51. The van der Waals surface area contributed by atoms with Crippen LogP contribution in [0.4, 0.5) is 0 Å². The minimum absolute atomic E-state index is 0.0819. The zero-order valence-corrected chi connectivity index (χ0v) is 10.0. The predicted octanol–water partition coefficient (Wildman–Crippen LogP) is 3.86. The summed E-state index contributed by atoms with van der Waals surface area (Å²) >= 11 is 11.9. The van der Waals surface area contributed by atoms with Gasteiger partial charge < -0.3 is 5.11 Å². The predicted molar refractivity (Wildman–Crippen MR) is 60.9 cm³/mol. The molecule has 1 atom stereocenters. The van der Waals surface area contributed by atoms with Gasteiger partial charge in [-0.25, -0.2) is 0 Å². The van der Waals surface area contributed by atoms with E-state index < -0.39 is 5.60 Å². The number of benzene rings is 1. The van der Waals surface area contributed by atoms with E-state index in [-0.39, 0.29) is 5.92 Å². The summed E-state index contributed by atoms with van der Waals surface area (Å²) in [5.41, 5.74) is -0.260. The summed E-state index contributed by atoms with van der Waals surface area (Å²) in [7, 11) is 0. The van der Waals surface area contributed by atoms with E-state index in [1.54, 1.807) is 25.1 Å². The normalized spacial score (nSPS) is 15.6. The summed E-state index contributed by atoms with van der Waals surface area (Å²) in [6.07, 6.45) is 0. The van der Waals surface area contributed by atoms with Gasteiger partial charge in [0.1, 0.15) is 0 Å². The lowest BCUT2D eigenvalue weighted by molar-refractivity contribution is 0.00916. The van der Waals surface area contributed by atoms with Crippen LogP contribution in [0.25, 0.3) is 0 Å². The quantitative estimate of drug-likeness (QED) is 0.822. The van der Waals surface area contributed by atoms with Gasteiger partial charge in [-0.1, -0.05) is 37.0 Å². The van der Waals surface area contributed by atoms with E-state index >= 15 is 0 Å². The molecule has 0 saturated heterocycles. The molecule has 78 valence electrons. The Morgan fingerprint density at radius 2 is 1.86 bits per heavy atom. The van der Waals surface area contributed by atoms with Gasteiger partial charge in [0.2, 0.25) is 0 Å². The summed E-state index contributed by atoms with van der Waals surface area (Å²) in [4.78, 5) is 0. The maximum absolute atomic E-state index is 10.2. The fourth-order valence-electron chi connectivity index (χ4n) is 1.20. The van der Waals surface area contributed by atoms with E-state index in [4.69, 9.17) is 23.2 Å². The van der Waals surface area contributed by atoms with Crippen LogP contribution in [0, 0.1) is 5.92 Å². The molecule has 0 saturated carbocycles. The molecule has 0 aliphatic heterocycles. The highest BCUT2D eigenvalue weighted by atomic mass is 35.5. The standard InChI is InChI=1S/C11H14Cl2O/c1-7(2)11(3,14)9-6-8(12)4-5-10(9)13/h4-7,14H,1-3H3. The van der Waals surface area contributed by atoms with Crippen LogP contribution in [0.2, 0.25) is 10.0 Å². The van der Waals surface area contributed by atoms with Crippen molar-refractivity contribution in [1.29, 1.82) is 0 Å². The molecule has 0 bridgehead atoms. The molecule has 0 amide bonds. The number of halogens is 2. The van der Waals surface area contributed by atoms with Crippen LogP contribution in [0.5, 0.6) is 0 Å². The molecule has 0 radical (unpaired) electrons. The SMILES string of the molecule is CC(C)C(C)(O)c1cc(Cl)ccc1Cl. The Bertz CT molecular complexity index is 332. The number of aliphatic hydroxyl groups is 1. The molecule has 1 rings (SSSR count). The molecule has 0 fully saturated rings. The van der Waals surface area contributed by atoms with Gasteiger partial charge in [-0.2, -0.15) is 0 Å². The minimum atomic E-state index is -0.942. The topological polar surface area (TPSA) is 20.2 Å². The second kappa shape index (κ2) is 4.09. The van der Waals surface area contributed by atoms with Crippen LogP contribution in [-0.2, 0) is 5.60 Å². The first-order valence-electron chi connectivity index (χ1n) is 4.53. The lowest BCUT2D eigenvalue weighted by Gasteiger charge is -2.29. The Morgan fingerprint density at radius 3 is 2.36 bits per heavy atom. The third-order valence-corrected chi connectivity index (χ3v) is 3.16. The minimum Gasteiger partial charge on any atom is -0.385 e. The first kappa shape index (κ1) is 11.8. The molecule has 1 aromatic rings. The van der Waals surface area contributed by atoms with Gasteiger partial charge >= 0.3 is 0 Å². The van der Waals surface area contributed by atoms with Crippen molar-refractivity contribution >= 4 is 23.2 Å². The van der Waals surface area contributed by atoms with Crippen molar-refractivity contribution in [2.75, 3.05) is 0 Å². The largest absolute Gasteiger partial charge is 0.385 e. The molecule has 1 N–H and O–H groups in total. The van der Waals surface area contributed by atoms with Crippen molar-refractivity contribution in [3.8, 4) is 0 Å². The van der Waals surface area contributed by atoms with Crippen LogP contribution in [-0.4, -0.2) is 5.11 Å². The van der Waals surface area contributed by atoms with E-state index in [0.29, 0.717) is 15.6 Å². The van der Waals surface area contributed by atoms with Gasteiger partial charge in [-0.15, -0.1) is 0 Å². The smallest absolute Gasteiger partial charge is 0.0906 e. The van der Waals surface area contributed by atoms with Crippen LogP contribution >= 0.6 is 23.2 Å². The Hall–Kier alpha value is -0.240. The molecule has 14 heavy (non-hydrogen) atoms. The summed E-state index contributed by atoms with van der Waals surface area (Å²) < 4.78 is 0. The van der Waals surface area contributed by atoms with Crippen molar-refractivity contribution in [2.45, 2.75) is 26.4 Å². The summed E-state index contributed by atoms with van der Waals surface area (Å²) in [6.45, 7) is 5.63. The molecule has 1 aromatic carbocycles. The van der Waals surface area contributed by atoms with Gasteiger partial charge in [0.15, 0.2) is 0 Å². The summed E-state index contributed by atoms with van der Waals surface area (Å²) in [6, 6.07) is 5.13. The fraction of sp³-hybridized carbons (Fsp3) is 0.455. The highest BCUT2D eigenvalue weighted by molar-refractivity contribution is 6.33. The second-order valence-electron chi connectivity index (χ2n) is 3.93. The fourth-order valence-corrected chi connectivity index (χ4v) is 1.68. The van der Waals surface area contributed by atoms with E-state index in [1.807, 2.05) is 13.8 Å². The van der Waals surface area contributed by atoms with Crippen molar-refractivity contribution in [3.63, 3.8) is 0 Å². The van der Waals surface area contributed by atoms with Crippen molar-refractivity contribution in [3.05, 3.63) is 33.8 Å². The maximum atomic E-state index is 10.2. The monoisotopic (exact) mass is 232 g/mol. The van der Waals surface area contributed by atoms with E-state index in [0.717, 1.165) is 0 Å². The number of hydrogen-bond acceptors (Lipinski definition) is 1. The average molecular weight is 233 g/mol. The molecular weight excluding hydrogens is 219 g/mol. The molecule has 0 aliphatic rings. The molecule has 0 heterocycles. The van der Waals surface area contributed by atoms with Gasteiger partial charge in [-0.3, -0.25) is 0 Å². The third kappa shape index (κ3) is 2.22. The Balaban J connectivity index is 3.24. The van der Waals surface area contributed by atoms with Gasteiger partial charge in [-0.05, 0) is 31.0 Å². The lowest BCUT2D eigenvalue weighted by Crippen LogP contribution is -2.28. The van der Waals surface area contributed by atoms with Crippen LogP contribution in [0.3, 0.4) is 0 Å². The molecule has 0 spiro atoms. The maximum Gasteiger partial charge on any atom is 0.0906 e. The average Bonchev–Trinajstić information content (AvgIpc) is 2.08. The molecule has 0 aromatic heterocycles. The van der Waals surface area contributed by atoms with E-state index in [2.05, 4.69) is 0 Å². The van der Waals surface area contributed by atoms with E-state index in [1.165, 1.54) is 0 Å². The van der Waals surface area contributed by atoms with Gasteiger partial charge in [0.05, 0.1) is 5.60 Å². The highest BCUT2D eigenvalue weighted by Crippen LogP contribution is 2.35.